The van der Waals surface area contributed by atoms with Gasteiger partial charge in [0.1, 0.15) is 11.6 Å². The van der Waals surface area contributed by atoms with Gasteiger partial charge >= 0.3 is 0 Å². The predicted octanol–water partition coefficient (Wildman–Crippen LogP) is 0.796. The first-order chi connectivity index (χ1) is 10.5. The van der Waals surface area contributed by atoms with Crippen molar-refractivity contribution >= 4 is 11.6 Å². The number of hydrogen-bond acceptors (Lipinski definition) is 5. The van der Waals surface area contributed by atoms with Crippen LogP contribution in [0.3, 0.4) is 0 Å². The average Bonchev–Trinajstić information content (AvgIpc) is 2.52. The standard InChI is InChI=1S/C17H28O5/c1-10-2-11(4-13(7-18)16(10)21)3-12-5-14(8-19)17(22)15(6-12)9-20/h10-15,18-20H,2-9H2,1H3. The highest BCUT2D eigenvalue weighted by Crippen LogP contribution is 2.40. The largest absolute Gasteiger partial charge is 0.396 e. The monoisotopic (exact) mass is 312 g/mol. The molecule has 0 aliphatic heterocycles. The normalized spacial score (nSPS) is 40.0. The Labute approximate surface area is 131 Å². The fraction of sp³-hybridized carbons (Fsp3) is 0.882. The molecule has 0 amide bonds. The maximum atomic E-state index is 12.0. The van der Waals surface area contributed by atoms with Gasteiger partial charge in [-0.15, -0.1) is 0 Å². The predicted molar refractivity (Wildman–Crippen MR) is 81.0 cm³/mol. The Bertz CT molecular complexity index is 392. The molecule has 0 heterocycles. The summed E-state index contributed by atoms with van der Waals surface area (Å²) in [5.41, 5.74) is 0. The molecule has 5 nitrogen and oxygen atoms in total. The summed E-state index contributed by atoms with van der Waals surface area (Å²) in [6.07, 6.45) is 3.82. The Hall–Kier alpha value is -0.780. The van der Waals surface area contributed by atoms with Crippen molar-refractivity contribution in [3.05, 3.63) is 0 Å². The molecule has 0 radical (unpaired) electrons. The van der Waals surface area contributed by atoms with E-state index in [2.05, 4.69) is 0 Å². The van der Waals surface area contributed by atoms with Gasteiger partial charge in [0.25, 0.3) is 0 Å². The molecular weight excluding hydrogens is 284 g/mol. The molecule has 2 aliphatic rings. The second-order valence-corrected chi connectivity index (χ2v) is 7.25. The van der Waals surface area contributed by atoms with Crippen LogP contribution in [0.25, 0.3) is 0 Å². The van der Waals surface area contributed by atoms with E-state index in [1.54, 1.807) is 0 Å². The Morgan fingerprint density at radius 1 is 0.773 bits per heavy atom. The Kier molecular flexibility index (Phi) is 6.12. The van der Waals surface area contributed by atoms with Gasteiger partial charge in [-0.3, -0.25) is 9.59 Å². The van der Waals surface area contributed by atoms with Gasteiger partial charge < -0.3 is 15.3 Å². The summed E-state index contributed by atoms with van der Waals surface area (Å²) in [6.45, 7) is 1.55. The van der Waals surface area contributed by atoms with E-state index in [0.717, 1.165) is 19.3 Å². The van der Waals surface area contributed by atoms with Crippen molar-refractivity contribution in [2.24, 2.45) is 35.5 Å². The molecule has 5 heteroatoms. The number of ketones is 2. The third-order valence-electron chi connectivity index (χ3n) is 5.56. The highest BCUT2D eigenvalue weighted by Gasteiger charge is 2.39. The molecule has 22 heavy (non-hydrogen) atoms. The van der Waals surface area contributed by atoms with Crippen molar-refractivity contribution < 1.29 is 24.9 Å². The van der Waals surface area contributed by atoms with Crippen LogP contribution in [-0.4, -0.2) is 46.7 Å². The van der Waals surface area contributed by atoms with Gasteiger partial charge in [0.15, 0.2) is 0 Å². The van der Waals surface area contributed by atoms with E-state index in [9.17, 15) is 24.9 Å². The number of aliphatic hydroxyl groups is 3. The zero-order valence-corrected chi connectivity index (χ0v) is 13.3. The maximum Gasteiger partial charge on any atom is 0.143 e. The molecule has 2 rings (SSSR count). The zero-order chi connectivity index (χ0) is 16.3. The SMILES string of the molecule is CC1CC(CC2CC(CO)C(=O)C(CO)C2)CC(CO)C1=O. The van der Waals surface area contributed by atoms with Crippen molar-refractivity contribution in [2.45, 2.75) is 39.0 Å². The lowest BCUT2D eigenvalue weighted by molar-refractivity contribution is -0.134. The molecule has 3 N–H and O–H groups in total. The van der Waals surface area contributed by atoms with Crippen molar-refractivity contribution in [3.63, 3.8) is 0 Å². The summed E-state index contributed by atoms with van der Waals surface area (Å²) in [4.78, 5) is 24.0. The van der Waals surface area contributed by atoms with Crippen LogP contribution in [0.5, 0.6) is 0 Å². The van der Waals surface area contributed by atoms with Crippen molar-refractivity contribution in [1.29, 1.82) is 0 Å². The minimum atomic E-state index is -0.354. The number of aliphatic hydroxyl groups excluding tert-OH is 3. The van der Waals surface area contributed by atoms with Gasteiger partial charge in [-0.2, -0.15) is 0 Å². The van der Waals surface area contributed by atoms with E-state index < -0.39 is 0 Å². The molecule has 5 atom stereocenters. The number of Topliss-reactive ketones (excluding diaryl/α,β-unsaturated/α-hetero) is 2. The molecule has 2 aliphatic carbocycles. The summed E-state index contributed by atoms with van der Waals surface area (Å²) in [7, 11) is 0. The molecule has 0 aromatic heterocycles. The van der Waals surface area contributed by atoms with Gasteiger partial charge in [0.05, 0.1) is 19.8 Å². The van der Waals surface area contributed by atoms with Gasteiger partial charge in [-0.25, -0.2) is 0 Å². The molecule has 126 valence electrons. The van der Waals surface area contributed by atoms with Gasteiger partial charge in [0.2, 0.25) is 0 Å². The summed E-state index contributed by atoms with van der Waals surface area (Å²) in [5, 5.41) is 28.1. The minimum absolute atomic E-state index is 0.0107. The number of carbonyl (C=O) groups is 2. The van der Waals surface area contributed by atoms with Crippen LogP contribution in [0.15, 0.2) is 0 Å². The smallest absolute Gasteiger partial charge is 0.143 e. The molecule has 0 aromatic rings. The van der Waals surface area contributed by atoms with Crippen LogP contribution in [0, 0.1) is 35.5 Å². The highest BCUT2D eigenvalue weighted by atomic mass is 16.3. The third-order valence-corrected chi connectivity index (χ3v) is 5.56. The highest BCUT2D eigenvalue weighted by molar-refractivity contribution is 5.84. The molecule has 0 bridgehead atoms. The summed E-state index contributed by atoms with van der Waals surface area (Å²) < 4.78 is 0. The van der Waals surface area contributed by atoms with E-state index in [0.29, 0.717) is 24.7 Å². The lowest BCUT2D eigenvalue weighted by Gasteiger charge is -2.37. The van der Waals surface area contributed by atoms with Crippen LogP contribution in [0.1, 0.15) is 39.0 Å². The first-order valence-corrected chi connectivity index (χ1v) is 8.40. The fourth-order valence-electron chi connectivity index (χ4n) is 4.45. The molecule has 0 spiro atoms. The van der Waals surface area contributed by atoms with E-state index in [-0.39, 0.29) is 55.1 Å². The van der Waals surface area contributed by atoms with E-state index in [1.807, 2.05) is 6.92 Å². The number of carbonyl (C=O) groups excluding carboxylic acids is 2. The summed E-state index contributed by atoms with van der Waals surface area (Å²) in [6, 6.07) is 0. The second-order valence-electron chi connectivity index (χ2n) is 7.25. The van der Waals surface area contributed by atoms with E-state index in [4.69, 9.17) is 0 Å². The van der Waals surface area contributed by atoms with Crippen molar-refractivity contribution in [3.8, 4) is 0 Å². The number of rotatable bonds is 5. The molecule has 0 saturated heterocycles. The molecule has 5 unspecified atom stereocenters. The van der Waals surface area contributed by atoms with Gasteiger partial charge in [-0.05, 0) is 43.9 Å². The Balaban J connectivity index is 1.97. The minimum Gasteiger partial charge on any atom is -0.396 e. The second kappa shape index (κ2) is 7.66. The number of hydrogen-bond donors (Lipinski definition) is 3. The van der Waals surface area contributed by atoms with Crippen LogP contribution in [0.4, 0.5) is 0 Å². The quantitative estimate of drug-likeness (QED) is 0.698. The molecule has 2 fully saturated rings. The van der Waals surface area contributed by atoms with Crippen LogP contribution < -0.4 is 0 Å². The fourth-order valence-corrected chi connectivity index (χ4v) is 4.45. The van der Waals surface area contributed by atoms with E-state index in [1.165, 1.54) is 0 Å². The topological polar surface area (TPSA) is 94.8 Å². The summed E-state index contributed by atoms with van der Waals surface area (Å²) >= 11 is 0. The first-order valence-electron chi connectivity index (χ1n) is 8.40. The Morgan fingerprint density at radius 3 is 1.64 bits per heavy atom. The van der Waals surface area contributed by atoms with Gasteiger partial charge in [0, 0.05) is 23.7 Å². The Morgan fingerprint density at radius 2 is 1.18 bits per heavy atom. The van der Waals surface area contributed by atoms with Gasteiger partial charge in [-0.1, -0.05) is 6.92 Å². The van der Waals surface area contributed by atoms with Crippen LogP contribution in [0.2, 0.25) is 0 Å². The summed E-state index contributed by atoms with van der Waals surface area (Å²) in [5.74, 6) is -0.136. The first kappa shape index (κ1) is 17.6. The molecule has 0 aromatic carbocycles. The van der Waals surface area contributed by atoms with Crippen LogP contribution >= 0.6 is 0 Å². The van der Waals surface area contributed by atoms with Crippen molar-refractivity contribution in [1.82, 2.24) is 0 Å². The average molecular weight is 312 g/mol. The molecular formula is C17H28O5. The van der Waals surface area contributed by atoms with Crippen molar-refractivity contribution in [2.75, 3.05) is 19.8 Å². The maximum absolute atomic E-state index is 12.0. The van der Waals surface area contributed by atoms with E-state index >= 15 is 0 Å². The zero-order valence-electron chi connectivity index (χ0n) is 13.3. The lowest BCUT2D eigenvalue weighted by Crippen LogP contribution is -2.39. The lowest BCUT2D eigenvalue weighted by atomic mass is 9.67. The third kappa shape index (κ3) is 3.76. The molecule has 2 saturated carbocycles. The van der Waals surface area contributed by atoms with Crippen LogP contribution in [-0.2, 0) is 9.59 Å².